The Morgan fingerprint density at radius 2 is 2.20 bits per heavy atom. The molecular formula is C10H16. The highest BCUT2D eigenvalue weighted by Gasteiger charge is 2.07. The van der Waals surface area contributed by atoms with E-state index in [0.717, 1.165) is 5.92 Å². The topological polar surface area (TPSA) is 0 Å². The molecule has 0 aliphatic heterocycles. The van der Waals surface area contributed by atoms with Gasteiger partial charge in [0.2, 0.25) is 0 Å². The highest BCUT2D eigenvalue weighted by atomic mass is 14.1. The minimum atomic E-state index is 0.810. The van der Waals surface area contributed by atoms with Crippen molar-refractivity contribution in [2.24, 2.45) is 5.92 Å². The third-order valence-electron chi connectivity index (χ3n) is 2.08. The van der Waals surface area contributed by atoms with Gasteiger partial charge in [0.15, 0.2) is 0 Å². The number of hydrogen-bond donors (Lipinski definition) is 0. The lowest BCUT2D eigenvalue weighted by Gasteiger charge is -2.16. The summed E-state index contributed by atoms with van der Waals surface area (Å²) < 4.78 is 0. The molecule has 0 aromatic carbocycles. The van der Waals surface area contributed by atoms with Crippen molar-refractivity contribution >= 4 is 0 Å². The average molecular weight is 136 g/mol. The maximum Gasteiger partial charge on any atom is -0.0193 e. The quantitative estimate of drug-likeness (QED) is 0.518. The molecule has 0 saturated heterocycles. The van der Waals surface area contributed by atoms with Crippen LogP contribution in [0.4, 0.5) is 0 Å². The summed E-state index contributed by atoms with van der Waals surface area (Å²) in [4.78, 5) is 0. The van der Waals surface area contributed by atoms with Gasteiger partial charge in [-0.25, -0.2) is 0 Å². The van der Waals surface area contributed by atoms with E-state index in [2.05, 4.69) is 32.9 Å². The second-order valence-corrected chi connectivity index (χ2v) is 3.27. The van der Waals surface area contributed by atoms with Crippen molar-refractivity contribution in [2.45, 2.75) is 33.6 Å². The molecule has 0 aromatic heterocycles. The molecule has 0 heterocycles. The van der Waals surface area contributed by atoms with Crippen LogP contribution in [-0.4, -0.2) is 0 Å². The van der Waals surface area contributed by atoms with Gasteiger partial charge in [-0.2, -0.15) is 0 Å². The van der Waals surface area contributed by atoms with E-state index in [9.17, 15) is 0 Å². The first-order chi connectivity index (χ1) is 4.72. The molecule has 1 aliphatic carbocycles. The minimum absolute atomic E-state index is 0.810. The monoisotopic (exact) mass is 136 g/mol. The predicted octanol–water partition coefficient (Wildman–Crippen LogP) is 3.31. The Hall–Kier alpha value is -0.520. The van der Waals surface area contributed by atoms with Gasteiger partial charge < -0.3 is 0 Å². The summed E-state index contributed by atoms with van der Waals surface area (Å²) in [5.41, 5.74) is 2.97. The molecule has 1 unspecified atom stereocenters. The van der Waals surface area contributed by atoms with Gasteiger partial charge >= 0.3 is 0 Å². The first-order valence-corrected chi connectivity index (χ1v) is 4.08. The van der Waals surface area contributed by atoms with Crippen LogP contribution in [-0.2, 0) is 0 Å². The maximum atomic E-state index is 2.38. The Morgan fingerprint density at radius 1 is 1.50 bits per heavy atom. The van der Waals surface area contributed by atoms with Crippen molar-refractivity contribution in [3.63, 3.8) is 0 Å². The van der Waals surface area contributed by atoms with Crippen LogP contribution in [0.2, 0.25) is 0 Å². The van der Waals surface area contributed by atoms with Gasteiger partial charge in [-0.05, 0) is 32.6 Å². The van der Waals surface area contributed by atoms with Crippen LogP contribution in [0.1, 0.15) is 33.6 Å². The van der Waals surface area contributed by atoms with Gasteiger partial charge in [0.1, 0.15) is 0 Å². The Kier molecular flexibility index (Phi) is 2.31. The van der Waals surface area contributed by atoms with Crippen molar-refractivity contribution in [3.05, 3.63) is 23.3 Å². The van der Waals surface area contributed by atoms with E-state index in [-0.39, 0.29) is 0 Å². The van der Waals surface area contributed by atoms with Gasteiger partial charge in [0.05, 0.1) is 0 Å². The van der Waals surface area contributed by atoms with E-state index in [4.69, 9.17) is 0 Å². The largest absolute Gasteiger partial charge is 0.0782 e. The number of hydrogen-bond acceptors (Lipinski definition) is 0. The number of allylic oxidation sites excluding steroid dienone is 4. The normalized spacial score (nSPS) is 25.7. The van der Waals surface area contributed by atoms with Crippen molar-refractivity contribution in [1.29, 1.82) is 0 Å². The Balaban J connectivity index is 2.67. The molecular weight excluding hydrogens is 120 g/mol. The van der Waals surface area contributed by atoms with Crippen LogP contribution >= 0.6 is 0 Å². The third kappa shape index (κ3) is 1.73. The zero-order chi connectivity index (χ0) is 7.56. The minimum Gasteiger partial charge on any atom is -0.0782 e. The third-order valence-corrected chi connectivity index (χ3v) is 2.08. The van der Waals surface area contributed by atoms with Crippen molar-refractivity contribution in [1.82, 2.24) is 0 Å². The van der Waals surface area contributed by atoms with Gasteiger partial charge in [-0.15, -0.1) is 0 Å². The van der Waals surface area contributed by atoms with E-state index in [1.165, 1.54) is 24.0 Å². The predicted molar refractivity (Wildman–Crippen MR) is 45.9 cm³/mol. The average Bonchev–Trinajstić information content (AvgIpc) is 1.85. The second-order valence-electron chi connectivity index (χ2n) is 3.27. The summed E-state index contributed by atoms with van der Waals surface area (Å²) in [6, 6.07) is 0. The Morgan fingerprint density at radius 3 is 2.70 bits per heavy atom. The smallest absolute Gasteiger partial charge is 0.0193 e. The number of rotatable bonds is 1. The Labute approximate surface area is 63.6 Å². The lowest BCUT2D eigenvalue weighted by atomic mass is 9.90. The summed E-state index contributed by atoms with van der Waals surface area (Å²) in [7, 11) is 0. The standard InChI is InChI=1S/C10H16/c1-4-10-6-8(2)5-9(3)7-10/h5-6,10H,4,7H2,1-3H3. The van der Waals surface area contributed by atoms with Crippen LogP contribution in [0, 0.1) is 5.92 Å². The van der Waals surface area contributed by atoms with E-state index >= 15 is 0 Å². The summed E-state index contributed by atoms with van der Waals surface area (Å²) in [5.74, 6) is 0.810. The van der Waals surface area contributed by atoms with Crippen LogP contribution in [0.15, 0.2) is 23.3 Å². The van der Waals surface area contributed by atoms with Crippen molar-refractivity contribution in [2.75, 3.05) is 0 Å². The van der Waals surface area contributed by atoms with E-state index in [0.29, 0.717) is 0 Å². The maximum absolute atomic E-state index is 2.38. The highest BCUT2D eigenvalue weighted by molar-refractivity contribution is 5.26. The van der Waals surface area contributed by atoms with E-state index in [1.807, 2.05) is 0 Å². The molecule has 0 spiro atoms. The van der Waals surface area contributed by atoms with Crippen LogP contribution < -0.4 is 0 Å². The van der Waals surface area contributed by atoms with E-state index in [1.54, 1.807) is 0 Å². The summed E-state index contributed by atoms with van der Waals surface area (Å²) in [6.07, 6.45) is 7.22. The van der Waals surface area contributed by atoms with Crippen LogP contribution in [0.3, 0.4) is 0 Å². The molecule has 56 valence electrons. The SMILES string of the molecule is CCC1C=C(C)C=C(C)C1. The van der Waals surface area contributed by atoms with Crippen molar-refractivity contribution < 1.29 is 0 Å². The molecule has 0 amide bonds. The molecule has 10 heavy (non-hydrogen) atoms. The molecule has 0 N–H and O–H groups in total. The molecule has 0 bridgehead atoms. The fraction of sp³-hybridized carbons (Fsp3) is 0.600. The van der Waals surface area contributed by atoms with E-state index < -0.39 is 0 Å². The van der Waals surface area contributed by atoms with Crippen LogP contribution in [0.5, 0.6) is 0 Å². The Bertz CT molecular complexity index is 172. The highest BCUT2D eigenvalue weighted by Crippen LogP contribution is 2.23. The van der Waals surface area contributed by atoms with Gasteiger partial charge in [-0.1, -0.05) is 30.2 Å². The van der Waals surface area contributed by atoms with Crippen LogP contribution in [0.25, 0.3) is 0 Å². The molecule has 0 nitrogen and oxygen atoms in total. The molecule has 1 rings (SSSR count). The summed E-state index contributed by atoms with van der Waals surface area (Å²) in [6.45, 7) is 6.66. The summed E-state index contributed by atoms with van der Waals surface area (Å²) in [5, 5.41) is 0. The fourth-order valence-corrected chi connectivity index (χ4v) is 1.60. The second kappa shape index (κ2) is 3.05. The first kappa shape index (κ1) is 7.59. The molecule has 1 atom stereocenters. The lowest BCUT2D eigenvalue weighted by Crippen LogP contribution is -2.00. The molecule has 0 radical (unpaired) electrons. The molecule has 0 fully saturated rings. The van der Waals surface area contributed by atoms with Gasteiger partial charge in [-0.3, -0.25) is 0 Å². The zero-order valence-electron chi connectivity index (χ0n) is 7.15. The van der Waals surface area contributed by atoms with Gasteiger partial charge in [0.25, 0.3) is 0 Å². The molecule has 0 aromatic rings. The lowest BCUT2D eigenvalue weighted by molar-refractivity contribution is 0.609. The molecule has 0 saturated carbocycles. The fourth-order valence-electron chi connectivity index (χ4n) is 1.60. The zero-order valence-corrected chi connectivity index (χ0v) is 7.15. The van der Waals surface area contributed by atoms with Gasteiger partial charge in [0, 0.05) is 0 Å². The van der Waals surface area contributed by atoms with Crippen molar-refractivity contribution in [3.8, 4) is 0 Å². The molecule has 1 aliphatic rings. The first-order valence-electron chi connectivity index (χ1n) is 4.08. The molecule has 0 heteroatoms. The summed E-state index contributed by atoms with van der Waals surface area (Å²) >= 11 is 0.